The number of ether oxygens (including phenoxy) is 2. The van der Waals surface area contributed by atoms with Crippen LogP contribution in [0.25, 0.3) is 22.0 Å². The highest BCUT2D eigenvalue weighted by atomic mass is 32.2. The number of hydrogen-bond donors (Lipinski definition) is 3. The van der Waals surface area contributed by atoms with E-state index in [4.69, 9.17) is 14.0 Å². The number of hydrogen-bond acceptors (Lipinski definition) is 5. The van der Waals surface area contributed by atoms with Crippen molar-refractivity contribution in [2.45, 2.75) is 13.0 Å². The topological polar surface area (TPSA) is 109 Å². The number of nitrogens with one attached hydrogen (secondary N) is 2. The Morgan fingerprint density at radius 1 is 1.13 bits per heavy atom. The van der Waals surface area contributed by atoms with Gasteiger partial charge >= 0.3 is 0 Å². The van der Waals surface area contributed by atoms with E-state index in [1.165, 1.54) is 10.6 Å². The molecule has 9 nitrogen and oxygen atoms in total. The number of halogens is 2. The molecule has 0 bridgehead atoms. The van der Waals surface area contributed by atoms with Gasteiger partial charge in [0.15, 0.2) is 11.6 Å². The summed E-state index contributed by atoms with van der Waals surface area (Å²) in [4.78, 5) is 18.4. The van der Waals surface area contributed by atoms with Crippen molar-refractivity contribution < 1.29 is 27.0 Å². The maximum atomic E-state index is 14.5. The molecular weight excluding hydrogens is 530 g/mol. The molecule has 3 N–H and O–H groups in total. The molecule has 0 spiro atoms. The number of H-pyrrole nitrogens is 1. The highest BCUT2D eigenvalue weighted by Crippen LogP contribution is 2.39. The number of pyridine rings is 1. The van der Waals surface area contributed by atoms with Crippen LogP contribution in [0, 0.1) is 11.6 Å². The maximum absolute atomic E-state index is 14.5. The van der Waals surface area contributed by atoms with E-state index in [1.54, 1.807) is 25.4 Å². The van der Waals surface area contributed by atoms with Crippen LogP contribution in [0.4, 0.5) is 8.78 Å². The van der Waals surface area contributed by atoms with Crippen LogP contribution < -0.4 is 15.0 Å². The van der Waals surface area contributed by atoms with Crippen LogP contribution in [-0.2, 0) is 36.0 Å². The molecule has 2 aromatic carbocycles. The Balaban J connectivity index is 1.64. The van der Waals surface area contributed by atoms with Gasteiger partial charge < -0.3 is 19.0 Å². The standard InChI is InChI=1S/C27H28F2N4O5S/c1-32-16-21(25-18(14-30-26(25)27(32)34)15-33-8-10-37-11-9-33)20-12-17(6-7-31-39(35)36)2-4-23(20)38-24-5-3-19(28)13-22(24)29/h2-5,12-14,16,30-31H,6-11,15H2,1H3,(H,35,36). The first kappa shape index (κ1) is 27.2. The molecule has 2 aromatic heterocycles. The van der Waals surface area contributed by atoms with Crippen LogP contribution in [0.3, 0.4) is 0 Å². The van der Waals surface area contributed by atoms with Gasteiger partial charge in [-0.2, -0.15) is 0 Å². The van der Waals surface area contributed by atoms with E-state index in [-0.39, 0.29) is 17.9 Å². The van der Waals surface area contributed by atoms with Crippen LogP contribution in [0.15, 0.2) is 53.6 Å². The average molecular weight is 559 g/mol. The van der Waals surface area contributed by atoms with E-state index in [9.17, 15) is 17.8 Å². The first-order chi connectivity index (χ1) is 18.8. The summed E-state index contributed by atoms with van der Waals surface area (Å²) < 4.78 is 63.6. The summed E-state index contributed by atoms with van der Waals surface area (Å²) in [5.74, 6) is -1.41. The first-order valence-corrected chi connectivity index (χ1v) is 13.5. The van der Waals surface area contributed by atoms with Gasteiger partial charge in [-0.1, -0.05) is 6.07 Å². The predicted octanol–water partition coefficient (Wildman–Crippen LogP) is 3.71. The smallest absolute Gasteiger partial charge is 0.274 e. The van der Waals surface area contributed by atoms with Crippen molar-refractivity contribution in [2.75, 3.05) is 32.8 Å². The van der Waals surface area contributed by atoms with Crippen molar-refractivity contribution in [1.29, 1.82) is 0 Å². The summed E-state index contributed by atoms with van der Waals surface area (Å²) in [7, 11) is 1.65. The third-order valence-electron chi connectivity index (χ3n) is 6.67. The normalized spacial score (nSPS) is 15.1. The van der Waals surface area contributed by atoms with Gasteiger partial charge in [0.05, 0.1) is 13.2 Å². The lowest BCUT2D eigenvalue weighted by Crippen LogP contribution is -2.35. The fourth-order valence-corrected chi connectivity index (χ4v) is 5.03. The minimum absolute atomic E-state index is 0.147. The van der Waals surface area contributed by atoms with E-state index in [2.05, 4.69) is 14.6 Å². The monoisotopic (exact) mass is 558 g/mol. The third kappa shape index (κ3) is 6.10. The number of morpholine rings is 1. The highest BCUT2D eigenvalue weighted by molar-refractivity contribution is 7.77. The summed E-state index contributed by atoms with van der Waals surface area (Å²) in [5.41, 5.74) is 3.25. The van der Waals surface area contributed by atoms with Crippen LogP contribution in [0.1, 0.15) is 11.1 Å². The fourth-order valence-electron chi connectivity index (χ4n) is 4.75. The Hall–Kier alpha value is -3.42. The molecule has 0 saturated carbocycles. The fraction of sp³-hybridized carbons (Fsp3) is 0.296. The van der Waals surface area contributed by atoms with Crippen LogP contribution in [0.2, 0.25) is 0 Å². The molecule has 1 unspecified atom stereocenters. The Morgan fingerprint density at radius 2 is 1.90 bits per heavy atom. The molecule has 4 aromatic rings. The third-order valence-corrected chi connectivity index (χ3v) is 7.12. The second-order valence-corrected chi connectivity index (χ2v) is 10.1. The van der Waals surface area contributed by atoms with Crippen LogP contribution >= 0.6 is 0 Å². The molecule has 1 aliphatic rings. The average Bonchev–Trinajstić information content (AvgIpc) is 3.32. The summed E-state index contributed by atoms with van der Waals surface area (Å²) in [5, 5.41) is 0.723. The molecule has 1 saturated heterocycles. The molecule has 206 valence electrons. The second-order valence-electron chi connectivity index (χ2n) is 9.31. The predicted molar refractivity (Wildman–Crippen MR) is 144 cm³/mol. The minimum atomic E-state index is -2.14. The lowest BCUT2D eigenvalue weighted by molar-refractivity contribution is 0.0344. The van der Waals surface area contributed by atoms with Gasteiger partial charge in [0.1, 0.15) is 17.1 Å². The lowest BCUT2D eigenvalue weighted by Gasteiger charge is -2.26. The molecule has 12 heteroatoms. The Labute approximate surface area is 225 Å². The molecule has 39 heavy (non-hydrogen) atoms. The van der Waals surface area contributed by atoms with Crippen molar-refractivity contribution in [2.24, 2.45) is 7.05 Å². The van der Waals surface area contributed by atoms with Gasteiger partial charge in [-0.3, -0.25) is 14.2 Å². The molecule has 0 radical (unpaired) electrons. The molecule has 1 fully saturated rings. The zero-order chi connectivity index (χ0) is 27.5. The second kappa shape index (κ2) is 11.8. The minimum Gasteiger partial charge on any atom is -0.454 e. The van der Waals surface area contributed by atoms with E-state index < -0.39 is 22.9 Å². The first-order valence-electron chi connectivity index (χ1n) is 12.4. The quantitative estimate of drug-likeness (QED) is 0.271. The van der Waals surface area contributed by atoms with E-state index in [1.807, 2.05) is 12.3 Å². The highest BCUT2D eigenvalue weighted by Gasteiger charge is 2.21. The van der Waals surface area contributed by atoms with Crippen molar-refractivity contribution in [3.05, 3.63) is 81.9 Å². The molecule has 0 amide bonds. The zero-order valence-corrected chi connectivity index (χ0v) is 22.0. The number of aromatic nitrogens is 2. The van der Waals surface area contributed by atoms with Crippen molar-refractivity contribution in [3.8, 4) is 22.6 Å². The Kier molecular flexibility index (Phi) is 8.19. The number of aromatic amines is 1. The summed E-state index contributed by atoms with van der Waals surface area (Å²) in [6.07, 6.45) is 3.97. The molecular formula is C27H28F2N4O5S. The van der Waals surface area contributed by atoms with Crippen LogP contribution in [-0.4, -0.2) is 56.1 Å². The van der Waals surface area contributed by atoms with Crippen LogP contribution in [0.5, 0.6) is 11.5 Å². The summed E-state index contributed by atoms with van der Waals surface area (Å²) in [6.45, 7) is 3.63. The summed E-state index contributed by atoms with van der Waals surface area (Å²) in [6, 6.07) is 8.38. The van der Waals surface area contributed by atoms with Crippen molar-refractivity contribution in [1.82, 2.24) is 19.2 Å². The van der Waals surface area contributed by atoms with Gasteiger partial charge in [0.2, 0.25) is 11.3 Å². The Morgan fingerprint density at radius 3 is 2.64 bits per heavy atom. The van der Waals surface area contributed by atoms with E-state index in [0.29, 0.717) is 48.6 Å². The van der Waals surface area contributed by atoms with Crippen molar-refractivity contribution in [3.63, 3.8) is 0 Å². The van der Waals surface area contributed by atoms with Gasteiger partial charge in [-0.15, -0.1) is 0 Å². The lowest BCUT2D eigenvalue weighted by atomic mass is 9.97. The van der Waals surface area contributed by atoms with E-state index >= 15 is 0 Å². The van der Waals surface area contributed by atoms with Gasteiger partial charge in [0.25, 0.3) is 5.56 Å². The largest absolute Gasteiger partial charge is 0.454 e. The summed E-state index contributed by atoms with van der Waals surface area (Å²) >= 11 is -2.14. The molecule has 1 aliphatic heterocycles. The number of nitrogens with zero attached hydrogens (tertiary/aromatic N) is 2. The van der Waals surface area contributed by atoms with Gasteiger partial charge in [-0.25, -0.2) is 17.7 Å². The number of aryl methyl sites for hydroxylation is 1. The molecule has 1 atom stereocenters. The van der Waals surface area contributed by atoms with Crippen molar-refractivity contribution >= 4 is 22.2 Å². The maximum Gasteiger partial charge on any atom is 0.274 e. The van der Waals surface area contributed by atoms with E-state index in [0.717, 1.165) is 41.7 Å². The number of rotatable bonds is 9. The SMILES string of the molecule is Cn1cc(-c2cc(CCNS(=O)O)ccc2Oc2ccc(F)cc2F)c2c(CN3CCOCC3)c[nH]c2c1=O. The number of benzene rings is 2. The molecule has 5 rings (SSSR count). The molecule has 3 heterocycles. The zero-order valence-electron chi connectivity index (χ0n) is 21.2. The van der Waals surface area contributed by atoms with Gasteiger partial charge in [0, 0.05) is 68.2 Å². The molecule has 0 aliphatic carbocycles. The van der Waals surface area contributed by atoms with Gasteiger partial charge in [-0.05, 0) is 41.8 Å². The number of fused-ring (bicyclic) bond motifs is 1. The Bertz CT molecular complexity index is 1580.